The summed E-state index contributed by atoms with van der Waals surface area (Å²) in [7, 11) is 1.58. The quantitative estimate of drug-likeness (QED) is 0.636. The molecular weight excluding hydrogens is 336 g/mol. The summed E-state index contributed by atoms with van der Waals surface area (Å²) in [5, 5.41) is 7.78. The van der Waals surface area contributed by atoms with Crippen LogP contribution in [0.5, 0.6) is 5.75 Å². The molecule has 0 unspecified atom stereocenters. The van der Waals surface area contributed by atoms with Crippen LogP contribution < -0.4 is 10.4 Å². The summed E-state index contributed by atoms with van der Waals surface area (Å²) in [5.41, 5.74) is 2.42. The van der Waals surface area contributed by atoms with Crippen LogP contribution in [0.3, 0.4) is 0 Å². The molecule has 0 spiro atoms. The lowest BCUT2D eigenvalue weighted by Crippen LogP contribution is -2.23. The van der Waals surface area contributed by atoms with Crippen LogP contribution >= 0.6 is 11.8 Å². The van der Waals surface area contributed by atoms with E-state index in [0.717, 1.165) is 27.5 Å². The molecular formula is C18H20N4O2S. The van der Waals surface area contributed by atoms with Crippen LogP contribution in [0.1, 0.15) is 18.1 Å². The number of thioether (sulfide) groups is 1. The first-order valence-electron chi connectivity index (χ1n) is 8.04. The molecule has 6 nitrogen and oxygen atoms in total. The number of hydrogen-bond acceptors (Lipinski definition) is 5. The van der Waals surface area contributed by atoms with E-state index < -0.39 is 0 Å². The minimum atomic E-state index is -0.282. The highest BCUT2D eigenvalue weighted by atomic mass is 32.2. The molecule has 0 radical (unpaired) electrons. The van der Waals surface area contributed by atoms with E-state index in [9.17, 15) is 4.79 Å². The molecule has 3 aromatic rings. The number of benzene rings is 2. The van der Waals surface area contributed by atoms with Gasteiger partial charge in [0.05, 0.1) is 5.69 Å². The predicted octanol–water partition coefficient (Wildman–Crippen LogP) is 2.97. The van der Waals surface area contributed by atoms with Gasteiger partial charge in [-0.05, 0) is 46.9 Å². The van der Waals surface area contributed by atoms with Crippen molar-refractivity contribution in [3.8, 4) is 11.4 Å². The summed E-state index contributed by atoms with van der Waals surface area (Å²) in [6.07, 6.45) is 0. The average Bonchev–Trinajstić information content (AvgIpc) is 2.94. The fourth-order valence-corrected chi connectivity index (χ4v) is 3.34. The first kappa shape index (κ1) is 17.3. The lowest BCUT2D eigenvalue weighted by Gasteiger charge is -2.15. The van der Waals surface area contributed by atoms with Crippen LogP contribution in [0.2, 0.25) is 0 Å². The Kier molecular flexibility index (Phi) is 5.23. The number of rotatable bonds is 6. The van der Waals surface area contributed by atoms with Crippen molar-refractivity contribution in [3.05, 3.63) is 64.1 Å². The Morgan fingerprint density at radius 3 is 2.60 bits per heavy atom. The summed E-state index contributed by atoms with van der Waals surface area (Å²) in [6.45, 7) is 4.46. The molecule has 0 fully saturated rings. The lowest BCUT2D eigenvalue weighted by molar-refractivity contribution is 0.300. The van der Waals surface area contributed by atoms with Crippen molar-refractivity contribution in [1.29, 1.82) is 0 Å². The van der Waals surface area contributed by atoms with Crippen LogP contribution in [-0.2, 0) is 13.7 Å². The Morgan fingerprint density at radius 2 is 1.92 bits per heavy atom. The van der Waals surface area contributed by atoms with Gasteiger partial charge in [0.25, 0.3) is 0 Å². The first-order chi connectivity index (χ1) is 12.1. The summed E-state index contributed by atoms with van der Waals surface area (Å²) in [6, 6.07) is 13.7. The smallest absolute Gasteiger partial charge is 0.368 e. The third kappa shape index (κ3) is 3.61. The van der Waals surface area contributed by atoms with Crippen molar-refractivity contribution in [3.63, 3.8) is 0 Å². The maximum absolute atomic E-state index is 12.3. The van der Waals surface area contributed by atoms with E-state index in [4.69, 9.17) is 4.74 Å². The van der Waals surface area contributed by atoms with E-state index in [1.54, 1.807) is 18.8 Å². The van der Waals surface area contributed by atoms with Crippen molar-refractivity contribution < 1.29 is 4.74 Å². The van der Waals surface area contributed by atoms with Gasteiger partial charge in [-0.2, -0.15) is 9.36 Å². The number of aryl methyl sites for hydroxylation is 2. The highest BCUT2D eigenvalue weighted by molar-refractivity contribution is 7.99. The molecule has 0 saturated heterocycles. The Bertz CT molecular complexity index is 933. The monoisotopic (exact) mass is 356 g/mol. The molecule has 2 aromatic carbocycles. The van der Waals surface area contributed by atoms with Gasteiger partial charge in [-0.3, -0.25) is 0 Å². The van der Waals surface area contributed by atoms with Gasteiger partial charge in [-0.1, -0.05) is 31.2 Å². The highest BCUT2D eigenvalue weighted by Gasteiger charge is 2.15. The minimum absolute atomic E-state index is 0.282. The van der Waals surface area contributed by atoms with Crippen LogP contribution in [0.4, 0.5) is 0 Å². The summed E-state index contributed by atoms with van der Waals surface area (Å²) < 4.78 is 8.56. The largest absolute Gasteiger partial charge is 0.489 e. The average molecular weight is 356 g/mol. The standard InChI is InChI=1S/C18H20N4O2S/c1-4-25-17-11-7-9-15(22-18(23)21(3)19-20-22)14(17)12-24-16-10-6-5-8-13(16)2/h5-11H,4,12H2,1-3H3. The van der Waals surface area contributed by atoms with Crippen molar-refractivity contribution in [2.45, 2.75) is 25.3 Å². The number of aromatic nitrogens is 4. The third-order valence-electron chi connectivity index (χ3n) is 3.82. The molecule has 0 aliphatic heterocycles. The predicted molar refractivity (Wildman–Crippen MR) is 98.5 cm³/mol. The molecule has 0 bridgehead atoms. The number of nitrogens with zero attached hydrogens (tertiary/aromatic N) is 4. The zero-order valence-electron chi connectivity index (χ0n) is 14.5. The van der Waals surface area contributed by atoms with Crippen molar-refractivity contribution in [2.24, 2.45) is 7.05 Å². The second-order valence-corrected chi connectivity index (χ2v) is 6.84. The van der Waals surface area contributed by atoms with Gasteiger partial charge < -0.3 is 4.74 Å². The fourth-order valence-electron chi connectivity index (χ4n) is 2.52. The maximum atomic E-state index is 12.3. The molecule has 0 amide bonds. The molecule has 0 atom stereocenters. The van der Waals surface area contributed by atoms with Gasteiger partial charge in [-0.25, -0.2) is 4.79 Å². The van der Waals surface area contributed by atoms with Crippen LogP contribution in [0.15, 0.2) is 52.2 Å². The first-order valence-corrected chi connectivity index (χ1v) is 9.03. The van der Waals surface area contributed by atoms with Crippen LogP contribution in [-0.4, -0.2) is 25.5 Å². The molecule has 1 heterocycles. The van der Waals surface area contributed by atoms with E-state index in [1.165, 1.54) is 9.36 Å². The van der Waals surface area contributed by atoms with Crippen LogP contribution in [0, 0.1) is 6.92 Å². The minimum Gasteiger partial charge on any atom is -0.489 e. The third-order valence-corrected chi connectivity index (χ3v) is 4.81. The van der Waals surface area contributed by atoms with E-state index in [-0.39, 0.29) is 5.69 Å². The molecule has 0 aliphatic carbocycles. The number of tetrazole rings is 1. The second kappa shape index (κ2) is 7.57. The van der Waals surface area contributed by atoms with Crippen molar-refractivity contribution in [2.75, 3.05) is 5.75 Å². The van der Waals surface area contributed by atoms with Gasteiger partial charge >= 0.3 is 5.69 Å². The summed E-state index contributed by atoms with van der Waals surface area (Å²) >= 11 is 1.71. The highest BCUT2D eigenvalue weighted by Crippen LogP contribution is 2.29. The van der Waals surface area contributed by atoms with Crippen molar-refractivity contribution in [1.82, 2.24) is 19.8 Å². The van der Waals surface area contributed by atoms with Gasteiger partial charge in [0, 0.05) is 17.5 Å². The van der Waals surface area contributed by atoms with E-state index >= 15 is 0 Å². The van der Waals surface area contributed by atoms with E-state index in [1.807, 2.05) is 49.4 Å². The Morgan fingerprint density at radius 1 is 1.12 bits per heavy atom. The number of ether oxygens (including phenoxy) is 1. The Labute approximate surface area is 150 Å². The van der Waals surface area contributed by atoms with Gasteiger partial charge in [-0.15, -0.1) is 11.8 Å². The van der Waals surface area contributed by atoms with E-state index in [0.29, 0.717) is 12.3 Å². The summed E-state index contributed by atoms with van der Waals surface area (Å²) in [4.78, 5) is 13.3. The molecule has 0 N–H and O–H groups in total. The van der Waals surface area contributed by atoms with E-state index in [2.05, 4.69) is 17.4 Å². The number of hydrogen-bond donors (Lipinski definition) is 0. The second-order valence-electron chi connectivity index (χ2n) is 5.54. The Balaban J connectivity index is 2.02. The zero-order chi connectivity index (χ0) is 17.8. The SMILES string of the molecule is CCSc1cccc(-n2nnn(C)c2=O)c1COc1ccccc1C. The van der Waals surface area contributed by atoms with Crippen molar-refractivity contribution >= 4 is 11.8 Å². The molecule has 7 heteroatoms. The molecule has 130 valence electrons. The number of para-hydroxylation sites is 1. The normalized spacial score (nSPS) is 10.8. The van der Waals surface area contributed by atoms with Crippen LogP contribution in [0.25, 0.3) is 5.69 Å². The molecule has 3 rings (SSSR count). The van der Waals surface area contributed by atoms with Gasteiger partial charge in [0.2, 0.25) is 0 Å². The Hall–Kier alpha value is -2.54. The molecule has 1 aromatic heterocycles. The molecule has 25 heavy (non-hydrogen) atoms. The maximum Gasteiger partial charge on any atom is 0.368 e. The molecule has 0 saturated carbocycles. The zero-order valence-corrected chi connectivity index (χ0v) is 15.3. The fraction of sp³-hybridized carbons (Fsp3) is 0.278. The topological polar surface area (TPSA) is 61.9 Å². The van der Waals surface area contributed by atoms with Gasteiger partial charge in [0.1, 0.15) is 12.4 Å². The van der Waals surface area contributed by atoms with Gasteiger partial charge in [0.15, 0.2) is 0 Å². The summed E-state index contributed by atoms with van der Waals surface area (Å²) in [5.74, 6) is 1.76. The molecule has 0 aliphatic rings. The lowest BCUT2D eigenvalue weighted by atomic mass is 10.2.